The van der Waals surface area contributed by atoms with Crippen molar-refractivity contribution in [2.45, 2.75) is 105 Å². The van der Waals surface area contributed by atoms with E-state index in [1.807, 2.05) is 64.3 Å². The molecule has 0 unspecified atom stereocenters. The lowest BCUT2D eigenvalue weighted by Gasteiger charge is -2.45. The topological polar surface area (TPSA) is 188 Å². The molecule has 4 aromatic heterocycles. The molecule has 82 heavy (non-hydrogen) atoms. The number of hydrogen-bond acceptors (Lipinski definition) is 13. The van der Waals surface area contributed by atoms with Crippen molar-refractivity contribution >= 4 is 87.3 Å². The van der Waals surface area contributed by atoms with E-state index in [1.54, 1.807) is 67.1 Å². The number of amides is 2. The number of benzene rings is 2. The molecule has 3 aliphatic rings. The first-order valence-corrected chi connectivity index (χ1v) is 27.8. The molecule has 9 rings (SSSR count). The molecule has 0 bridgehead atoms. The van der Waals surface area contributed by atoms with E-state index in [9.17, 15) is 24.3 Å². The van der Waals surface area contributed by atoms with Gasteiger partial charge < -0.3 is 24.7 Å². The number of aliphatic imine (C=N–C) groups is 2. The lowest BCUT2D eigenvalue weighted by Crippen LogP contribution is -2.59. The van der Waals surface area contributed by atoms with Crippen LogP contribution in [0.15, 0.2) is 127 Å². The third-order valence-electron chi connectivity index (χ3n) is 15.6. The zero-order chi connectivity index (χ0) is 59.3. The molecule has 21 heteroatoms. The van der Waals surface area contributed by atoms with Gasteiger partial charge in [0.2, 0.25) is 11.8 Å². The molecule has 2 amide bonds. The molecule has 2 aromatic carbocycles. The van der Waals surface area contributed by atoms with Crippen molar-refractivity contribution in [2.24, 2.45) is 15.9 Å². The number of aromatic nitrogens is 6. The number of phenolic OH excluding ortho intramolecular Hbond substituents is 1. The van der Waals surface area contributed by atoms with Crippen LogP contribution < -0.4 is 21.2 Å². The van der Waals surface area contributed by atoms with Gasteiger partial charge in [0.05, 0.1) is 61.2 Å². The molecule has 6 atom stereocenters. The lowest BCUT2D eigenvalue weighted by atomic mass is 9.90. The smallest absolute Gasteiger partial charge is 0.355 e. The molecule has 2 saturated heterocycles. The maximum absolute atomic E-state index is 15.6. The molecule has 426 valence electrons. The summed E-state index contributed by atoms with van der Waals surface area (Å²) in [4.78, 5) is 93.2. The fourth-order valence-corrected chi connectivity index (χ4v) is 12.3. The molecule has 0 aliphatic carbocycles. The first-order chi connectivity index (χ1) is 39.0. The minimum atomic E-state index is -0.762. The number of hydrogen-bond donors (Lipinski definition) is 1. The van der Waals surface area contributed by atoms with Gasteiger partial charge in [0.25, 0.3) is 0 Å². The number of fused-ring (bicyclic) bond motifs is 2. The molecule has 6 aromatic rings. The van der Waals surface area contributed by atoms with E-state index < -0.39 is 47.0 Å². The molecule has 3 aliphatic heterocycles. The Morgan fingerprint density at radius 3 is 1.88 bits per heavy atom. The quantitative estimate of drug-likeness (QED) is 0.0698. The monoisotopic (exact) mass is 1150 g/mol. The van der Waals surface area contributed by atoms with Gasteiger partial charge in [0.1, 0.15) is 34.7 Å². The van der Waals surface area contributed by atoms with Crippen LogP contribution in [0.5, 0.6) is 5.75 Å². The number of carbonyl (C=O) groups excluding carboxylic acids is 2. The highest BCUT2D eigenvalue weighted by Gasteiger charge is 2.38. The Morgan fingerprint density at radius 1 is 0.768 bits per heavy atom. The Morgan fingerprint density at radius 2 is 1.32 bits per heavy atom. The van der Waals surface area contributed by atoms with Gasteiger partial charge in [-0.2, -0.15) is 9.97 Å². The molecule has 7 heterocycles. The number of halogens is 4. The summed E-state index contributed by atoms with van der Waals surface area (Å²) in [5.41, 5.74) is 0.756. The summed E-state index contributed by atoms with van der Waals surface area (Å²) >= 11 is 14.0. The van der Waals surface area contributed by atoms with Crippen molar-refractivity contribution in [3.8, 4) is 28.3 Å². The normalized spacial score (nSPS) is 21.1. The molecule has 1 N–H and O–H groups in total. The highest BCUT2D eigenvalue weighted by molar-refractivity contribution is 6.34. The summed E-state index contributed by atoms with van der Waals surface area (Å²) in [5.74, 6) is -1.86. The van der Waals surface area contributed by atoms with Crippen molar-refractivity contribution in [1.82, 2.24) is 38.9 Å². The van der Waals surface area contributed by atoms with Crippen LogP contribution in [0.2, 0.25) is 10.0 Å². The Bertz CT molecular complexity index is 3880. The fraction of sp³-hybridized carbons (Fsp3) is 0.344. The second kappa shape index (κ2) is 23.4. The summed E-state index contributed by atoms with van der Waals surface area (Å²) in [7, 11) is 0. The van der Waals surface area contributed by atoms with Crippen molar-refractivity contribution < 1.29 is 23.5 Å². The second-order valence-electron chi connectivity index (χ2n) is 21.6. The number of aromatic hydroxyl groups is 1. The number of dihydropyridines is 1. The van der Waals surface area contributed by atoms with Crippen LogP contribution >= 0.6 is 23.2 Å². The molecular formula is C61H64Cl2F2N12O5. The zero-order valence-electron chi connectivity index (χ0n) is 47.3. The van der Waals surface area contributed by atoms with Crippen LogP contribution in [-0.4, -0.2) is 125 Å². The van der Waals surface area contributed by atoms with Gasteiger partial charge in [-0.1, -0.05) is 67.9 Å². The van der Waals surface area contributed by atoms with Crippen LogP contribution in [0, 0.1) is 17.6 Å². The van der Waals surface area contributed by atoms with Crippen LogP contribution in [-0.2, 0) is 9.59 Å². The van der Waals surface area contributed by atoms with E-state index in [0.717, 1.165) is 5.57 Å². The second-order valence-corrected chi connectivity index (χ2v) is 22.4. The van der Waals surface area contributed by atoms with Crippen molar-refractivity contribution in [1.29, 1.82) is 0 Å². The van der Waals surface area contributed by atoms with Crippen molar-refractivity contribution in [3.63, 3.8) is 0 Å². The van der Waals surface area contributed by atoms with Gasteiger partial charge in [-0.3, -0.25) is 24.1 Å². The summed E-state index contributed by atoms with van der Waals surface area (Å²) in [6.07, 6.45) is 8.01. The Labute approximate surface area is 483 Å². The van der Waals surface area contributed by atoms with Crippen molar-refractivity contribution in [3.05, 3.63) is 151 Å². The van der Waals surface area contributed by atoms with E-state index in [1.165, 1.54) is 51.6 Å². The zero-order valence-corrected chi connectivity index (χ0v) is 48.8. The van der Waals surface area contributed by atoms with E-state index in [-0.39, 0.29) is 116 Å². The predicted molar refractivity (Wildman–Crippen MR) is 322 cm³/mol. The Hall–Kier alpha value is -8.16. The standard InChI is InChI=1S/C61H64Cl2F2N12O5/c1-13-32(5)54(76-58-40(25-42(62)52(68-58)39-18-15-16-19-44(39)64)56(70-60(76)81)72-27-35(8)74(36(9)28-72)47(79)14-2)51(66-12)34(7)24-48(80)75-37(10)29-73(30-38(75)11)57-41-26-43(63)53(49-45(65)20-17-21-46(49)78)69-59(41)77(61(82)71-57)55-33(6)22-23-67-50(55)31(3)4/h13-26,31,35-38,50,55,78H,2,12,27-30H2,1,3-11H3/b32-13-,34-24+,54-51+/t35-,36+,37-,38+,50-,55-/m0/s1. The van der Waals surface area contributed by atoms with Gasteiger partial charge in [0.15, 0.2) is 5.65 Å². The van der Waals surface area contributed by atoms with E-state index in [2.05, 4.69) is 23.3 Å². The molecule has 0 spiro atoms. The van der Waals surface area contributed by atoms with Crippen molar-refractivity contribution in [2.75, 3.05) is 36.0 Å². The van der Waals surface area contributed by atoms with Crippen LogP contribution in [0.3, 0.4) is 0 Å². The molecule has 17 nitrogen and oxygen atoms in total. The number of rotatable bonds is 12. The number of nitrogens with zero attached hydrogens (tertiary/aromatic N) is 12. The first-order valence-electron chi connectivity index (χ1n) is 27.0. The van der Waals surface area contributed by atoms with Gasteiger partial charge in [-0.15, -0.1) is 0 Å². The third-order valence-corrected chi connectivity index (χ3v) is 16.2. The average Bonchev–Trinajstić information content (AvgIpc) is 1.58. The number of pyridine rings is 2. The predicted octanol–water partition coefficient (Wildman–Crippen LogP) is 10.6. The van der Waals surface area contributed by atoms with Crippen LogP contribution in [0.4, 0.5) is 20.4 Å². The summed E-state index contributed by atoms with van der Waals surface area (Å²) in [6, 6.07) is 10.5. The van der Waals surface area contributed by atoms with Gasteiger partial charge in [0, 0.05) is 68.2 Å². The third kappa shape index (κ3) is 10.6. The van der Waals surface area contributed by atoms with E-state index >= 15 is 8.78 Å². The Kier molecular flexibility index (Phi) is 16.7. The van der Waals surface area contributed by atoms with E-state index in [4.69, 9.17) is 43.1 Å². The van der Waals surface area contributed by atoms with Gasteiger partial charge >= 0.3 is 11.4 Å². The average molecular weight is 1150 g/mol. The number of phenols is 1. The summed E-state index contributed by atoms with van der Waals surface area (Å²) in [6.45, 7) is 27.3. The molecule has 2 fully saturated rings. The maximum Gasteiger partial charge on any atom is 0.355 e. The minimum absolute atomic E-state index is 0.00583. The number of piperazine rings is 2. The number of allylic oxidation sites excluding steroid dienone is 5. The molecule has 0 saturated carbocycles. The van der Waals surface area contributed by atoms with Crippen LogP contribution in [0.1, 0.15) is 75.3 Å². The lowest BCUT2D eigenvalue weighted by molar-refractivity contribution is -0.131. The fourth-order valence-electron chi connectivity index (χ4n) is 11.8. The summed E-state index contributed by atoms with van der Waals surface area (Å²) in [5, 5.41) is 11.8. The maximum atomic E-state index is 15.6. The van der Waals surface area contributed by atoms with Crippen LogP contribution in [0.25, 0.3) is 50.3 Å². The molecule has 0 radical (unpaired) electrons. The van der Waals surface area contributed by atoms with E-state index in [0.29, 0.717) is 35.0 Å². The highest BCUT2D eigenvalue weighted by atomic mass is 35.5. The first kappa shape index (κ1) is 58.5. The highest BCUT2D eigenvalue weighted by Crippen LogP contribution is 2.42. The Balaban J connectivity index is 1.13. The number of anilines is 2. The summed E-state index contributed by atoms with van der Waals surface area (Å²) < 4.78 is 34.0. The van der Waals surface area contributed by atoms with Gasteiger partial charge in [-0.05, 0) is 133 Å². The SMILES string of the molecule is C=CC(=O)N1[C@H](C)CN(c2nc(=O)n(C(/C(C)=C\C)=C(N=C)\C(C)=C\C(=O)N3[C@H](C)CN(c4nc(=O)n([C@H]5C(C)=CC=N[C@H]5C(C)C)c5nc(-c6c(O)cccc6F)c(Cl)cc45)C[C@@H]3C)c3nc(-c4ccccc4F)c(Cl)cc23)C[C@@H]1C. The molecular weight excluding hydrogens is 1090 g/mol. The largest absolute Gasteiger partial charge is 0.507 e. The van der Waals surface area contributed by atoms with Gasteiger partial charge in [-0.25, -0.2) is 32.9 Å². The number of carbonyl (C=O) groups is 2. The minimum Gasteiger partial charge on any atom is -0.507 e.